The number of aliphatic imine (C=N–C) groups is 1. The van der Waals surface area contributed by atoms with Gasteiger partial charge in [-0.25, -0.2) is 0 Å². The average molecular weight is 224 g/mol. The van der Waals surface area contributed by atoms with E-state index in [0.717, 1.165) is 5.92 Å². The molecule has 1 heterocycles. The Kier molecular flexibility index (Phi) is 2.46. The standard InChI is InChI=1S/C12H20N2S/c1-9-7-10(9)13-11-14-12(8-15-11)5-3-2-4-6-12/h9-10H,2-8H2,1H3,(H,13,14). The minimum absolute atomic E-state index is 0.430. The van der Waals surface area contributed by atoms with Crippen molar-refractivity contribution in [3.63, 3.8) is 0 Å². The molecule has 15 heavy (non-hydrogen) atoms. The Bertz CT molecular complexity index is 281. The maximum atomic E-state index is 4.79. The summed E-state index contributed by atoms with van der Waals surface area (Å²) < 4.78 is 0. The summed E-state index contributed by atoms with van der Waals surface area (Å²) in [7, 11) is 0. The minimum Gasteiger partial charge on any atom is -0.359 e. The summed E-state index contributed by atoms with van der Waals surface area (Å²) in [5, 5.41) is 4.95. The van der Waals surface area contributed by atoms with Gasteiger partial charge in [-0.2, -0.15) is 0 Å². The van der Waals surface area contributed by atoms with Crippen molar-refractivity contribution >= 4 is 16.9 Å². The summed E-state index contributed by atoms with van der Waals surface area (Å²) >= 11 is 1.96. The van der Waals surface area contributed by atoms with Gasteiger partial charge in [0.25, 0.3) is 0 Å². The van der Waals surface area contributed by atoms with Gasteiger partial charge < -0.3 is 5.32 Å². The molecular weight excluding hydrogens is 204 g/mol. The lowest BCUT2D eigenvalue weighted by Gasteiger charge is -2.32. The molecule has 1 saturated heterocycles. The molecule has 0 amide bonds. The van der Waals surface area contributed by atoms with Crippen LogP contribution in [0.4, 0.5) is 0 Å². The third kappa shape index (κ3) is 2.03. The Balaban J connectivity index is 1.64. The lowest BCUT2D eigenvalue weighted by Crippen LogP contribution is -2.45. The van der Waals surface area contributed by atoms with E-state index in [4.69, 9.17) is 4.99 Å². The van der Waals surface area contributed by atoms with Crippen molar-refractivity contribution in [2.24, 2.45) is 10.9 Å². The summed E-state index contributed by atoms with van der Waals surface area (Å²) in [6.07, 6.45) is 8.26. The van der Waals surface area contributed by atoms with Gasteiger partial charge in [0.1, 0.15) is 0 Å². The van der Waals surface area contributed by atoms with Crippen LogP contribution in [0.3, 0.4) is 0 Å². The van der Waals surface area contributed by atoms with Crippen LogP contribution in [-0.2, 0) is 0 Å². The fraction of sp³-hybridized carbons (Fsp3) is 0.917. The maximum absolute atomic E-state index is 4.79. The van der Waals surface area contributed by atoms with Crippen LogP contribution in [-0.4, -0.2) is 22.5 Å². The van der Waals surface area contributed by atoms with E-state index in [1.54, 1.807) is 0 Å². The van der Waals surface area contributed by atoms with E-state index >= 15 is 0 Å². The van der Waals surface area contributed by atoms with E-state index in [9.17, 15) is 0 Å². The molecule has 2 saturated carbocycles. The van der Waals surface area contributed by atoms with Crippen LogP contribution in [0.2, 0.25) is 0 Å². The predicted octanol–water partition coefficient (Wildman–Crippen LogP) is 2.79. The van der Waals surface area contributed by atoms with Crippen LogP contribution < -0.4 is 5.32 Å². The van der Waals surface area contributed by atoms with Crippen molar-refractivity contribution in [1.82, 2.24) is 5.32 Å². The second-order valence-electron chi connectivity index (χ2n) is 5.47. The van der Waals surface area contributed by atoms with Crippen LogP contribution in [0.25, 0.3) is 0 Å². The molecule has 2 unspecified atom stereocenters. The van der Waals surface area contributed by atoms with E-state index < -0.39 is 0 Å². The third-order valence-electron chi connectivity index (χ3n) is 4.02. The predicted molar refractivity (Wildman–Crippen MR) is 66.4 cm³/mol. The highest BCUT2D eigenvalue weighted by molar-refractivity contribution is 8.14. The molecule has 2 nitrogen and oxygen atoms in total. The number of thioether (sulfide) groups is 1. The SMILES string of the molecule is CC1CC1N=C1NC2(CCCCC2)CS1. The molecule has 3 rings (SSSR count). The van der Waals surface area contributed by atoms with Crippen molar-refractivity contribution in [1.29, 1.82) is 0 Å². The fourth-order valence-corrected chi connectivity index (χ4v) is 3.98. The molecule has 1 N–H and O–H groups in total. The molecule has 3 heteroatoms. The van der Waals surface area contributed by atoms with Crippen molar-refractivity contribution in [2.75, 3.05) is 5.75 Å². The Labute approximate surface area is 96.3 Å². The molecule has 0 bridgehead atoms. The normalized spacial score (nSPS) is 40.7. The highest BCUT2D eigenvalue weighted by atomic mass is 32.2. The molecule has 2 atom stereocenters. The van der Waals surface area contributed by atoms with Gasteiger partial charge in [-0.3, -0.25) is 4.99 Å². The van der Waals surface area contributed by atoms with Gasteiger partial charge in [0.2, 0.25) is 0 Å². The molecule has 1 aliphatic heterocycles. The topological polar surface area (TPSA) is 24.4 Å². The zero-order valence-electron chi connectivity index (χ0n) is 9.46. The number of nitrogens with one attached hydrogen (secondary N) is 1. The summed E-state index contributed by atoms with van der Waals surface area (Å²) in [5.41, 5.74) is 0.430. The van der Waals surface area contributed by atoms with Gasteiger partial charge in [-0.15, -0.1) is 0 Å². The minimum atomic E-state index is 0.430. The highest BCUT2D eigenvalue weighted by Crippen LogP contribution is 2.38. The molecule has 0 aromatic carbocycles. The van der Waals surface area contributed by atoms with Crippen LogP contribution >= 0.6 is 11.8 Å². The first-order valence-electron chi connectivity index (χ1n) is 6.26. The molecule has 3 aliphatic rings. The first kappa shape index (κ1) is 10.0. The summed E-state index contributed by atoms with van der Waals surface area (Å²) in [6.45, 7) is 2.30. The van der Waals surface area contributed by atoms with Gasteiger partial charge in [0.05, 0.1) is 6.04 Å². The second kappa shape index (κ2) is 3.69. The summed E-state index contributed by atoms with van der Waals surface area (Å²) in [6, 6.07) is 0.638. The summed E-state index contributed by atoms with van der Waals surface area (Å²) in [4.78, 5) is 4.79. The zero-order valence-corrected chi connectivity index (χ0v) is 10.3. The molecular formula is C12H20N2S. The Morgan fingerprint density at radius 1 is 1.33 bits per heavy atom. The first-order chi connectivity index (χ1) is 7.27. The maximum Gasteiger partial charge on any atom is 0.157 e. The Hall–Kier alpha value is -0.180. The van der Waals surface area contributed by atoms with E-state index in [1.807, 2.05) is 11.8 Å². The van der Waals surface area contributed by atoms with Gasteiger partial charge in [0, 0.05) is 11.3 Å². The zero-order chi connectivity index (χ0) is 10.3. The van der Waals surface area contributed by atoms with Crippen LogP contribution in [0, 0.1) is 5.92 Å². The van der Waals surface area contributed by atoms with Gasteiger partial charge in [-0.05, 0) is 25.2 Å². The van der Waals surface area contributed by atoms with E-state index in [0.29, 0.717) is 11.6 Å². The number of hydrogen-bond acceptors (Lipinski definition) is 2. The quantitative estimate of drug-likeness (QED) is 0.740. The monoisotopic (exact) mass is 224 g/mol. The molecule has 2 aliphatic carbocycles. The highest BCUT2D eigenvalue weighted by Gasteiger charge is 2.40. The Morgan fingerprint density at radius 2 is 2.07 bits per heavy atom. The van der Waals surface area contributed by atoms with Crippen molar-refractivity contribution < 1.29 is 0 Å². The van der Waals surface area contributed by atoms with Gasteiger partial charge in [0.15, 0.2) is 5.17 Å². The lowest BCUT2D eigenvalue weighted by molar-refractivity contribution is 0.303. The van der Waals surface area contributed by atoms with Crippen molar-refractivity contribution in [3.05, 3.63) is 0 Å². The molecule has 3 fully saturated rings. The molecule has 0 radical (unpaired) electrons. The van der Waals surface area contributed by atoms with Gasteiger partial charge >= 0.3 is 0 Å². The van der Waals surface area contributed by atoms with Crippen LogP contribution in [0.15, 0.2) is 4.99 Å². The number of nitrogens with zero attached hydrogens (tertiary/aromatic N) is 1. The average Bonchev–Trinajstić information content (AvgIpc) is 2.78. The number of hydrogen-bond donors (Lipinski definition) is 1. The van der Waals surface area contributed by atoms with Gasteiger partial charge in [-0.1, -0.05) is 37.9 Å². The molecule has 0 aromatic rings. The van der Waals surface area contributed by atoms with Crippen molar-refractivity contribution in [3.8, 4) is 0 Å². The smallest absolute Gasteiger partial charge is 0.157 e. The first-order valence-corrected chi connectivity index (χ1v) is 7.25. The van der Waals surface area contributed by atoms with E-state index in [-0.39, 0.29) is 0 Å². The largest absolute Gasteiger partial charge is 0.359 e. The molecule has 84 valence electrons. The second-order valence-corrected chi connectivity index (χ2v) is 6.43. The van der Waals surface area contributed by atoms with Crippen LogP contribution in [0.1, 0.15) is 45.4 Å². The third-order valence-corrected chi connectivity index (χ3v) is 5.20. The molecule has 0 aromatic heterocycles. The number of amidine groups is 1. The van der Waals surface area contributed by atoms with E-state index in [2.05, 4.69) is 12.2 Å². The van der Waals surface area contributed by atoms with Crippen LogP contribution in [0.5, 0.6) is 0 Å². The summed E-state index contributed by atoms with van der Waals surface area (Å²) in [5.74, 6) is 2.09. The van der Waals surface area contributed by atoms with E-state index in [1.165, 1.54) is 49.4 Å². The fourth-order valence-electron chi connectivity index (χ4n) is 2.71. The molecule has 1 spiro atoms. The van der Waals surface area contributed by atoms with Crippen molar-refractivity contribution in [2.45, 2.75) is 57.0 Å². The Morgan fingerprint density at radius 3 is 2.73 bits per heavy atom. The number of rotatable bonds is 1. The lowest BCUT2D eigenvalue weighted by atomic mass is 9.83.